The van der Waals surface area contributed by atoms with E-state index in [1.807, 2.05) is 6.07 Å². The van der Waals surface area contributed by atoms with Crippen LogP contribution < -0.4 is 21.4 Å². The summed E-state index contributed by atoms with van der Waals surface area (Å²) in [4.78, 5) is 48.0. The molecular weight excluding hydrogens is 498 g/mol. The molecule has 3 N–H and O–H groups in total. The third-order valence-corrected chi connectivity index (χ3v) is 5.54. The van der Waals surface area contributed by atoms with Gasteiger partial charge in [0.15, 0.2) is 5.65 Å². The summed E-state index contributed by atoms with van der Waals surface area (Å²) in [6.45, 7) is -0.347. The van der Waals surface area contributed by atoms with Crippen LogP contribution in [0.25, 0.3) is 17.1 Å². The van der Waals surface area contributed by atoms with Crippen LogP contribution in [0.3, 0.4) is 0 Å². The van der Waals surface area contributed by atoms with E-state index in [1.54, 1.807) is 24.3 Å². The molecule has 0 radical (unpaired) electrons. The van der Waals surface area contributed by atoms with Gasteiger partial charge in [-0.25, -0.2) is 18.6 Å². The lowest BCUT2D eigenvalue weighted by atomic mass is 10.1. The molecule has 2 heterocycles. The van der Waals surface area contributed by atoms with E-state index in [4.69, 9.17) is 10.6 Å². The summed E-state index contributed by atoms with van der Waals surface area (Å²) in [5.74, 6) is -3.11. The maximum Gasteiger partial charge on any atom is 0.330 e. The summed E-state index contributed by atoms with van der Waals surface area (Å²) in [7, 11) is 1.23. The maximum absolute atomic E-state index is 14.0. The number of ether oxygens (including phenoxy) is 1. The Balaban J connectivity index is 1.76. The second kappa shape index (κ2) is 11.3. The average molecular weight is 520 g/mol. The van der Waals surface area contributed by atoms with E-state index in [1.165, 1.54) is 37.6 Å². The Hall–Kier alpha value is -5.06. The molecule has 2 aromatic heterocycles. The minimum absolute atomic E-state index is 0.0108. The molecule has 0 aliphatic carbocycles. The van der Waals surface area contributed by atoms with Gasteiger partial charge in [0.05, 0.1) is 12.8 Å². The number of hydrogen-bond acceptors (Lipinski definition) is 7. The van der Waals surface area contributed by atoms with Gasteiger partial charge in [0.2, 0.25) is 0 Å². The number of amides is 1. The number of carbonyl (C=O) groups is 2. The van der Waals surface area contributed by atoms with Crippen molar-refractivity contribution in [3.8, 4) is 0 Å². The number of esters is 1. The second-order valence-corrected chi connectivity index (χ2v) is 8.06. The van der Waals surface area contributed by atoms with E-state index >= 15 is 0 Å². The van der Waals surface area contributed by atoms with Gasteiger partial charge < -0.3 is 20.6 Å². The number of hydrogen-bond donors (Lipinski definition) is 2. The number of halogens is 2. The van der Waals surface area contributed by atoms with Gasteiger partial charge in [-0.3, -0.25) is 9.59 Å². The van der Waals surface area contributed by atoms with Crippen LogP contribution in [-0.2, 0) is 22.7 Å². The van der Waals surface area contributed by atoms with Crippen molar-refractivity contribution in [2.45, 2.75) is 13.2 Å². The van der Waals surface area contributed by atoms with Crippen LogP contribution in [0.2, 0.25) is 0 Å². The Labute approximate surface area is 215 Å². The number of pyridine rings is 2. The minimum Gasteiger partial charge on any atom is -0.466 e. The van der Waals surface area contributed by atoms with Crippen molar-refractivity contribution < 1.29 is 27.9 Å². The molecule has 2 aromatic carbocycles. The van der Waals surface area contributed by atoms with Gasteiger partial charge in [-0.15, -0.1) is 4.73 Å². The third kappa shape index (κ3) is 5.67. The number of rotatable bonds is 8. The SMILES string of the molecule is COC(=O)/C=C/c1cnc2c(c1)c(N)c(C(=O)NCc1ccc(F)cc1F)c(=O)n2OCc1ccccc1. The first-order valence-corrected chi connectivity index (χ1v) is 11.3. The molecule has 0 aliphatic heterocycles. The number of nitrogens with one attached hydrogen (secondary N) is 1. The van der Waals surface area contributed by atoms with Crippen LogP contribution in [0, 0.1) is 11.6 Å². The molecule has 1 amide bonds. The predicted octanol–water partition coefficient (Wildman–Crippen LogP) is 3.00. The molecule has 9 nitrogen and oxygen atoms in total. The lowest BCUT2D eigenvalue weighted by Crippen LogP contribution is -2.37. The van der Waals surface area contributed by atoms with Crippen molar-refractivity contribution in [3.63, 3.8) is 0 Å². The molecule has 0 spiro atoms. The summed E-state index contributed by atoms with van der Waals surface area (Å²) >= 11 is 0. The number of nitrogen functional groups attached to an aromatic ring is 1. The quantitative estimate of drug-likeness (QED) is 0.270. The topological polar surface area (TPSA) is 126 Å². The summed E-state index contributed by atoms with van der Waals surface area (Å²) in [5, 5.41) is 2.64. The van der Waals surface area contributed by atoms with Crippen LogP contribution >= 0.6 is 0 Å². The first kappa shape index (κ1) is 26.0. The van der Waals surface area contributed by atoms with Crippen molar-refractivity contribution in [2.24, 2.45) is 0 Å². The number of anilines is 1. The molecule has 0 saturated carbocycles. The zero-order valence-corrected chi connectivity index (χ0v) is 20.1. The van der Waals surface area contributed by atoms with E-state index in [0.29, 0.717) is 11.6 Å². The number of methoxy groups -OCH3 is 1. The highest BCUT2D eigenvalue weighted by Crippen LogP contribution is 2.23. The van der Waals surface area contributed by atoms with Crippen LogP contribution in [-0.4, -0.2) is 28.7 Å². The van der Waals surface area contributed by atoms with Crippen molar-refractivity contribution in [1.29, 1.82) is 0 Å². The van der Waals surface area contributed by atoms with Crippen LogP contribution in [0.15, 0.2) is 71.7 Å². The highest BCUT2D eigenvalue weighted by molar-refractivity contribution is 6.06. The zero-order chi connectivity index (χ0) is 27.2. The first-order valence-electron chi connectivity index (χ1n) is 11.3. The zero-order valence-electron chi connectivity index (χ0n) is 20.1. The van der Waals surface area contributed by atoms with Crippen molar-refractivity contribution in [1.82, 2.24) is 15.0 Å². The fraction of sp³-hybridized carbons (Fsp3) is 0.111. The van der Waals surface area contributed by atoms with Gasteiger partial charge in [-0.1, -0.05) is 36.4 Å². The number of nitrogens with zero attached hydrogens (tertiary/aromatic N) is 2. The number of fused-ring (bicyclic) bond motifs is 1. The second-order valence-electron chi connectivity index (χ2n) is 8.06. The van der Waals surface area contributed by atoms with Gasteiger partial charge in [0, 0.05) is 35.8 Å². The Kier molecular flexibility index (Phi) is 7.76. The molecule has 0 bridgehead atoms. The van der Waals surface area contributed by atoms with Crippen LogP contribution in [0.1, 0.15) is 27.0 Å². The van der Waals surface area contributed by atoms with E-state index in [2.05, 4.69) is 15.0 Å². The number of benzene rings is 2. The summed E-state index contributed by atoms with van der Waals surface area (Å²) in [6, 6.07) is 13.4. The largest absolute Gasteiger partial charge is 0.466 e. The molecule has 194 valence electrons. The van der Waals surface area contributed by atoms with Crippen molar-refractivity contribution in [3.05, 3.63) is 111 Å². The molecule has 0 fully saturated rings. The Morgan fingerprint density at radius 1 is 1.13 bits per heavy atom. The van der Waals surface area contributed by atoms with Crippen LogP contribution in [0.4, 0.5) is 14.5 Å². The van der Waals surface area contributed by atoms with E-state index < -0.39 is 34.6 Å². The number of carbonyl (C=O) groups excluding carboxylic acids is 2. The third-order valence-electron chi connectivity index (χ3n) is 5.54. The molecule has 0 saturated heterocycles. The Morgan fingerprint density at radius 2 is 1.89 bits per heavy atom. The molecular formula is C27H22F2N4O5. The van der Waals surface area contributed by atoms with E-state index in [0.717, 1.165) is 16.4 Å². The van der Waals surface area contributed by atoms with Crippen molar-refractivity contribution >= 4 is 34.7 Å². The van der Waals surface area contributed by atoms with E-state index in [-0.39, 0.29) is 35.4 Å². The molecule has 11 heteroatoms. The van der Waals surface area contributed by atoms with Crippen LogP contribution in [0.5, 0.6) is 0 Å². The fourth-order valence-corrected chi connectivity index (χ4v) is 3.59. The lowest BCUT2D eigenvalue weighted by Gasteiger charge is -2.16. The van der Waals surface area contributed by atoms with Gasteiger partial charge in [0.25, 0.3) is 11.5 Å². The van der Waals surface area contributed by atoms with Gasteiger partial charge in [-0.05, 0) is 29.3 Å². The molecule has 4 rings (SSSR count). The molecule has 4 aromatic rings. The molecule has 0 unspecified atom stereocenters. The van der Waals surface area contributed by atoms with Gasteiger partial charge >= 0.3 is 5.97 Å². The number of aromatic nitrogens is 2. The molecule has 0 aliphatic rings. The Morgan fingerprint density at radius 3 is 2.61 bits per heavy atom. The van der Waals surface area contributed by atoms with Gasteiger partial charge in [-0.2, -0.15) is 0 Å². The highest BCUT2D eigenvalue weighted by atomic mass is 19.1. The number of nitrogens with two attached hydrogens (primary N) is 1. The average Bonchev–Trinajstić information content (AvgIpc) is 2.91. The highest BCUT2D eigenvalue weighted by Gasteiger charge is 2.23. The van der Waals surface area contributed by atoms with Gasteiger partial charge in [0.1, 0.15) is 23.8 Å². The first-order chi connectivity index (χ1) is 18.3. The Bertz CT molecular complexity index is 1600. The summed E-state index contributed by atoms with van der Waals surface area (Å²) in [6.07, 6.45) is 3.99. The molecule has 0 atom stereocenters. The minimum atomic E-state index is -0.898. The summed E-state index contributed by atoms with van der Waals surface area (Å²) in [5.41, 5.74) is 5.96. The smallest absolute Gasteiger partial charge is 0.330 e. The normalized spacial score (nSPS) is 11.0. The summed E-state index contributed by atoms with van der Waals surface area (Å²) < 4.78 is 32.7. The fourth-order valence-electron chi connectivity index (χ4n) is 3.59. The lowest BCUT2D eigenvalue weighted by molar-refractivity contribution is -0.134. The predicted molar refractivity (Wildman–Crippen MR) is 136 cm³/mol. The van der Waals surface area contributed by atoms with E-state index in [9.17, 15) is 23.2 Å². The standard InChI is InChI=1S/C27H22F2N4O5/c1-37-22(34)10-7-17-11-20-24(30)23(26(35)32-14-18-8-9-19(28)12-21(18)29)27(36)33(25(20)31-13-17)38-15-16-5-3-2-4-6-16/h2-13H,14-15,30H2,1H3,(H,32,35)/b10-7+. The molecule has 38 heavy (non-hydrogen) atoms. The maximum atomic E-state index is 14.0. The monoisotopic (exact) mass is 520 g/mol. The van der Waals surface area contributed by atoms with Crippen molar-refractivity contribution in [2.75, 3.05) is 12.8 Å².